The molecule has 1 saturated heterocycles. The standard InChI is InChI=1S/C18H13BrN2O5/c19-13-5-6-15(12(7-13)8-14-16(22)21-18(25)20-14)26-9-10-1-3-11(4-2-10)17(23)24/h1-8H,9H2,(H,23,24)(H2,20,21,22,25)/b14-8-. The van der Waals surface area contributed by atoms with Crippen LogP contribution in [0.25, 0.3) is 6.08 Å². The molecule has 8 heteroatoms. The molecule has 7 nitrogen and oxygen atoms in total. The van der Waals surface area contributed by atoms with Gasteiger partial charge in [0.2, 0.25) is 0 Å². The van der Waals surface area contributed by atoms with Gasteiger partial charge in [-0.15, -0.1) is 0 Å². The first kappa shape index (κ1) is 17.7. The molecule has 1 fully saturated rings. The number of halogens is 1. The number of nitrogens with one attached hydrogen (secondary N) is 2. The fourth-order valence-electron chi connectivity index (χ4n) is 2.31. The maximum Gasteiger partial charge on any atom is 0.335 e. The van der Waals surface area contributed by atoms with Crippen molar-refractivity contribution in [1.82, 2.24) is 10.6 Å². The molecule has 1 heterocycles. The van der Waals surface area contributed by atoms with Crippen LogP contribution >= 0.6 is 15.9 Å². The Morgan fingerprint density at radius 3 is 2.46 bits per heavy atom. The molecular formula is C18H13BrN2O5. The molecule has 0 radical (unpaired) electrons. The van der Waals surface area contributed by atoms with E-state index in [0.717, 1.165) is 10.0 Å². The maximum absolute atomic E-state index is 11.7. The molecule has 0 spiro atoms. The van der Waals surface area contributed by atoms with Gasteiger partial charge in [0.05, 0.1) is 5.56 Å². The predicted octanol–water partition coefficient (Wildman–Crippen LogP) is 2.91. The summed E-state index contributed by atoms with van der Waals surface area (Å²) in [6.45, 7) is 0.219. The molecule has 0 atom stereocenters. The molecule has 0 unspecified atom stereocenters. The average Bonchev–Trinajstić information content (AvgIpc) is 2.92. The predicted molar refractivity (Wildman–Crippen MR) is 96.5 cm³/mol. The monoisotopic (exact) mass is 416 g/mol. The van der Waals surface area contributed by atoms with Crippen LogP contribution in [0.15, 0.2) is 52.6 Å². The van der Waals surface area contributed by atoms with Crippen molar-refractivity contribution in [2.24, 2.45) is 0 Å². The summed E-state index contributed by atoms with van der Waals surface area (Å²) in [5.74, 6) is -0.988. The third kappa shape index (κ3) is 4.09. The number of carboxylic acids is 1. The second-order valence-corrected chi connectivity index (χ2v) is 6.35. The molecule has 0 saturated carbocycles. The van der Waals surface area contributed by atoms with Crippen LogP contribution in [0.1, 0.15) is 21.5 Å². The van der Waals surface area contributed by atoms with Gasteiger partial charge in [-0.25, -0.2) is 9.59 Å². The Morgan fingerprint density at radius 1 is 1.12 bits per heavy atom. The second-order valence-electron chi connectivity index (χ2n) is 5.44. The van der Waals surface area contributed by atoms with Gasteiger partial charge < -0.3 is 15.2 Å². The summed E-state index contributed by atoms with van der Waals surface area (Å²) in [4.78, 5) is 33.8. The van der Waals surface area contributed by atoms with Gasteiger partial charge in [-0.05, 0) is 42.0 Å². The Hall–Kier alpha value is -3.13. The van der Waals surface area contributed by atoms with Gasteiger partial charge in [0, 0.05) is 10.0 Å². The molecule has 0 aromatic heterocycles. The van der Waals surface area contributed by atoms with E-state index in [1.165, 1.54) is 18.2 Å². The third-order valence-corrected chi connectivity index (χ3v) is 4.08. The quantitative estimate of drug-likeness (QED) is 0.513. The normalized spacial score (nSPS) is 14.9. The molecular weight excluding hydrogens is 404 g/mol. The van der Waals surface area contributed by atoms with Gasteiger partial charge in [0.1, 0.15) is 18.1 Å². The lowest BCUT2D eigenvalue weighted by atomic mass is 10.1. The highest BCUT2D eigenvalue weighted by Crippen LogP contribution is 2.26. The molecule has 3 N–H and O–H groups in total. The fraction of sp³-hybridized carbons (Fsp3) is 0.0556. The summed E-state index contributed by atoms with van der Waals surface area (Å²) in [7, 11) is 0. The summed E-state index contributed by atoms with van der Waals surface area (Å²) >= 11 is 3.36. The molecule has 1 aliphatic rings. The molecule has 3 amide bonds. The van der Waals surface area contributed by atoms with Crippen LogP contribution in [-0.4, -0.2) is 23.0 Å². The minimum absolute atomic E-state index is 0.128. The van der Waals surface area contributed by atoms with E-state index in [0.29, 0.717) is 11.3 Å². The highest BCUT2D eigenvalue weighted by molar-refractivity contribution is 9.10. The molecule has 1 aliphatic heterocycles. The lowest BCUT2D eigenvalue weighted by molar-refractivity contribution is -0.115. The zero-order valence-electron chi connectivity index (χ0n) is 13.3. The number of amides is 3. The van der Waals surface area contributed by atoms with Crippen molar-refractivity contribution in [3.05, 3.63) is 69.3 Å². The van der Waals surface area contributed by atoms with E-state index >= 15 is 0 Å². The van der Waals surface area contributed by atoms with Gasteiger partial charge in [-0.3, -0.25) is 10.1 Å². The Balaban J connectivity index is 1.80. The van der Waals surface area contributed by atoms with Gasteiger partial charge in [0.25, 0.3) is 5.91 Å². The minimum Gasteiger partial charge on any atom is -0.488 e. The molecule has 26 heavy (non-hydrogen) atoms. The van der Waals surface area contributed by atoms with Crippen molar-refractivity contribution in [1.29, 1.82) is 0 Å². The number of ether oxygens (including phenoxy) is 1. The van der Waals surface area contributed by atoms with Crippen molar-refractivity contribution in [2.75, 3.05) is 0 Å². The average molecular weight is 417 g/mol. The van der Waals surface area contributed by atoms with E-state index in [9.17, 15) is 14.4 Å². The van der Waals surface area contributed by atoms with Crippen LogP contribution in [0.3, 0.4) is 0 Å². The highest BCUT2D eigenvalue weighted by atomic mass is 79.9. The van der Waals surface area contributed by atoms with E-state index in [2.05, 4.69) is 26.6 Å². The van der Waals surface area contributed by atoms with E-state index in [-0.39, 0.29) is 17.9 Å². The van der Waals surface area contributed by atoms with Crippen molar-refractivity contribution < 1.29 is 24.2 Å². The Bertz CT molecular complexity index is 922. The zero-order valence-corrected chi connectivity index (χ0v) is 14.9. The summed E-state index contributed by atoms with van der Waals surface area (Å²) in [6.07, 6.45) is 1.52. The fourth-order valence-corrected chi connectivity index (χ4v) is 2.68. The van der Waals surface area contributed by atoms with E-state index in [4.69, 9.17) is 9.84 Å². The Labute approximate surface area is 156 Å². The second kappa shape index (κ2) is 7.40. The van der Waals surface area contributed by atoms with E-state index in [1.54, 1.807) is 30.3 Å². The summed E-state index contributed by atoms with van der Waals surface area (Å²) in [5.41, 5.74) is 1.73. The number of rotatable bonds is 5. The summed E-state index contributed by atoms with van der Waals surface area (Å²) < 4.78 is 6.58. The lowest BCUT2D eigenvalue weighted by Gasteiger charge is -2.10. The van der Waals surface area contributed by atoms with Crippen LogP contribution in [0.5, 0.6) is 5.75 Å². The van der Waals surface area contributed by atoms with Crippen molar-refractivity contribution in [3.63, 3.8) is 0 Å². The van der Waals surface area contributed by atoms with Crippen LogP contribution in [0, 0.1) is 0 Å². The lowest BCUT2D eigenvalue weighted by Crippen LogP contribution is -2.22. The third-order valence-electron chi connectivity index (χ3n) is 3.59. The van der Waals surface area contributed by atoms with Crippen molar-refractivity contribution in [3.8, 4) is 5.75 Å². The topological polar surface area (TPSA) is 105 Å². The summed E-state index contributed by atoms with van der Waals surface area (Å²) in [5, 5.41) is 13.5. The highest BCUT2D eigenvalue weighted by Gasteiger charge is 2.23. The number of urea groups is 1. The number of benzene rings is 2. The molecule has 2 aromatic carbocycles. The van der Waals surface area contributed by atoms with Crippen LogP contribution < -0.4 is 15.4 Å². The van der Waals surface area contributed by atoms with Crippen molar-refractivity contribution >= 4 is 39.9 Å². The number of imide groups is 1. The maximum atomic E-state index is 11.7. The Kier molecular flexibility index (Phi) is 5.04. The van der Waals surface area contributed by atoms with Crippen LogP contribution in [0.2, 0.25) is 0 Å². The molecule has 0 aliphatic carbocycles. The SMILES string of the molecule is O=C1NC(=O)/C(=C/c2cc(Br)ccc2OCc2ccc(C(=O)O)cc2)N1. The molecule has 0 bridgehead atoms. The van der Waals surface area contributed by atoms with Crippen LogP contribution in [0.4, 0.5) is 4.79 Å². The molecule has 132 valence electrons. The summed E-state index contributed by atoms with van der Waals surface area (Å²) in [6, 6.07) is 11.1. The largest absolute Gasteiger partial charge is 0.488 e. The first-order valence-electron chi connectivity index (χ1n) is 7.51. The number of hydrogen-bond donors (Lipinski definition) is 3. The Morgan fingerprint density at radius 2 is 1.85 bits per heavy atom. The van der Waals surface area contributed by atoms with Gasteiger partial charge in [0.15, 0.2) is 0 Å². The van der Waals surface area contributed by atoms with E-state index < -0.39 is 17.9 Å². The number of carbonyl (C=O) groups is 3. The van der Waals surface area contributed by atoms with Gasteiger partial charge in [-0.1, -0.05) is 28.1 Å². The number of hydrogen-bond acceptors (Lipinski definition) is 4. The first-order valence-corrected chi connectivity index (χ1v) is 8.30. The van der Waals surface area contributed by atoms with Crippen LogP contribution in [-0.2, 0) is 11.4 Å². The smallest absolute Gasteiger partial charge is 0.335 e. The van der Waals surface area contributed by atoms with E-state index in [1.807, 2.05) is 0 Å². The minimum atomic E-state index is -0.990. The zero-order chi connectivity index (χ0) is 18.7. The van der Waals surface area contributed by atoms with Crippen molar-refractivity contribution in [2.45, 2.75) is 6.61 Å². The van der Waals surface area contributed by atoms with Gasteiger partial charge >= 0.3 is 12.0 Å². The number of aromatic carboxylic acids is 1. The number of carboxylic acid groups (broad SMARTS) is 1. The molecule has 3 rings (SSSR count). The first-order chi connectivity index (χ1) is 12.4. The molecule has 2 aromatic rings. The van der Waals surface area contributed by atoms with Gasteiger partial charge in [-0.2, -0.15) is 0 Å². The number of carbonyl (C=O) groups excluding carboxylic acids is 2.